The summed E-state index contributed by atoms with van der Waals surface area (Å²) >= 11 is 0. The van der Waals surface area contributed by atoms with Crippen LogP contribution < -0.4 is 0 Å². The van der Waals surface area contributed by atoms with Crippen LogP contribution in [0.5, 0.6) is 0 Å². The first-order chi connectivity index (χ1) is 9.52. The summed E-state index contributed by atoms with van der Waals surface area (Å²) in [6, 6.07) is 10.3. The predicted molar refractivity (Wildman–Crippen MR) is 80.5 cm³/mol. The summed E-state index contributed by atoms with van der Waals surface area (Å²) in [5.74, 6) is -0.213. The van der Waals surface area contributed by atoms with Crippen molar-refractivity contribution < 1.29 is 17.3 Å². The fourth-order valence-corrected chi connectivity index (χ4v) is 2.25. The lowest BCUT2D eigenvalue weighted by Gasteiger charge is -1.99. The fraction of sp³-hybridized carbons (Fsp3) is 0.600. The van der Waals surface area contributed by atoms with Gasteiger partial charge in [0.05, 0.1) is 5.75 Å². The lowest BCUT2D eigenvalue weighted by molar-refractivity contribution is 0.00288. The minimum absolute atomic E-state index is 0.213. The highest BCUT2D eigenvalue weighted by atomic mass is 32.2. The van der Waals surface area contributed by atoms with E-state index in [0.29, 0.717) is 6.42 Å². The zero-order chi connectivity index (χ0) is 15.3. The van der Waals surface area contributed by atoms with Crippen molar-refractivity contribution in [2.45, 2.75) is 52.4 Å². The summed E-state index contributed by atoms with van der Waals surface area (Å²) in [7, 11) is -3.88. The maximum absolute atomic E-state index is 11.3. The van der Waals surface area contributed by atoms with Gasteiger partial charge in [-0.15, -0.1) is 0 Å². The molecule has 0 aliphatic rings. The Hall–Kier alpha value is -0.940. The summed E-state index contributed by atoms with van der Waals surface area (Å²) in [5.41, 5.74) is 1.32. The van der Waals surface area contributed by atoms with E-state index in [4.69, 9.17) is 0 Å². The maximum Gasteiger partial charge on any atom is 0.297 e. The SMILES string of the molecule is CCCCCCCCS(=O)(=O)OF.Cc1ccccc1. The van der Waals surface area contributed by atoms with Gasteiger partial charge in [-0.3, -0.25) is 0 Å². The molecule has 3 nitrogen and oxygen atoms in total. The van der Waals surface area contributed by atoms with E-state index >= 15 is 0 Å². The third-order valence-electron chi connectivity index (χ3n) is 2.78. The average Bonchev–Trinajstić information content (AvgIpc) is 2.44. The van der Waals surface area contributed by atoms with E-state index in [2.05, 4.69) is 30.4 Å². The van der Waals surface area contributed by atoms with Crippen LogP contribution in [-0.2, 0) is 14.5 Å². The van der Waals surface area contributed by atoms with Crippen LogP contribution in [0.4, 0.5) is 4.53 Å². The van der Waals surface area contributed by atoms with Gasteiger partial charge in [-0.25, -0.2) is 0 Å². The molecule has 0 aliphatic heterocycles. The zero-order valence-electron chi connectivity index (χ0n) is 12.3. The number of unbranched alkanes of at least 4 members (excludes halogenated alkanes) is 5. The van der Waals surface area contributed by atoms with Gasteiger partial charge in [0.15, 0.2) is 0 Å². The van der Waals surface area contributed by atoms with Crippen LogP contribution in [0.3, 0.4) is 0 Å². The lowest BCUT2D eigenvalue weighted by atomic mass is 10.1. The van der Waals surface area contributed by atoms with Crippen molar-refractivity contribution >= 4 is 10.1 Å². The molecule has 0 bridgehead atoms. The largest absolute Gasteiger partial charge is 0.297 e. The number of rotatable bonds is 8. The molecule has 0 heterocycles. The third kappa shape index (κ3) is 12.1. The van der Waals surface area contributed by atoms with Gasteiger partial charge in [-0.1, -0.05) is 79.3 Å². The predicted octanol–water partition coefficient (Wildman–Crippen LogP) is 4.57. The maximum atomic E-state index is 11.3. The summed E-state index contributed by atoms with van der Waals surface area (Å²) in [5, 5.41) is 0. The van der Waals surface area contributed by atoms with Gasteiger partial charge in [-0.2, -0.15) is 8.42 Å². The molecule has 5 heteroatoms. The molecule has 0 radical (unpaired) electrons. The van der Waals surface area contributed by atoms with Gasteiger partial charge >= 0.3 is 0 Å². The molecule has 0 N–H and O–H groups in total. The van der Waals surface area contributed by atoms with Crippen LogP contribution in [-0.4, -0.2) is 14.2 Å². The van der Waals surface area contributed by atoms with Crippen molar-refractivity contribution in [3.63, 3.8) is 0 Å². The normalized spacial score (nSPS) is 10.8. The number of halogens is 1. The standard InChI is InChI=1S/C8H17FO3S.C7H8/c1-2-3-4-5-6-7-8-13(10,11)12-9;1-7-5-3-2-4-6-7/h2-8H2,1H3;2-6H,1H3. The van der Waals surface area contributed by atoms with Gasteiger partial charge in [0.25, 0.3) is 10.1 Å². The summed E-state index contributed by atoms with van der Waals surface area (Å²) < 4.78 is 35.1. The Morgan fingerprint density at radius 1 is 1.00 bits per heavy atom. The Kier molecular flexibility index (Phi) is 11.3. The Balaban J connectivity index is 0.000000428. The molecule has 0 spiro atoms. The van der Waals surface area contributed by atoms with Crippen LogP contribution in [0.25, 0.3) is 0 Å². The molecule has 0 aromatic heterocycles. The van der Waals surface area contributed by atoms with Crippen molar-refractivity contribution in [1.29, 1.82) is 0 Å². The smallest absolute Gasteiger partial charge is 0.197 e. The van der Waals surface area contributed by atoms with E-state index in [-0.39, 0.29) is 5.75 Å². The van der Waals surface area contributed by atoms with E-state index in [9.17, 15) is 12.9 Å². The molecular weight excluding hydrogens is 279 g/mol. The van der Waals surface area contributed by atoms with Crippen LogP contribution >= 0.6 is 0 Å². The first kappa shape index (κ1) is 19.1. The number of aryl methyl sites for hydroxylation is 1. The Bertz CT molecular complexity index is 418. The van der Waals surface area contributed by atoms with Gasteiger partial charge in [0, 0.05) is 0 Å². The molecule has 0 fully saturated rings. The molecule has 0 saturated heterocycles. The third-order valence-corrected chi connectivity index (χ3v) is 3.76. The van der Waals surface area contributed by atoms with E-state index < -0.39 is 10.1 Å². The van der Waals surface area contributed by atoms with Crippen LogP contribution in [0.1, 0.15) is 51.0 Å². The first-order valence-electron chi connectivity index (χ1n) is 7.06. The highest BCUT2D eigenvalue weighted by Crippen LogP contribution is 2.07. The molecule has 116 valence electrons. The monoisotopic (exact) mass is 304 g/mol. The second-order valence-electron chi connectivity index (χ2n) is 4.75. The molecular formula is C15H25FO3S. The van der Waals surface area contributed by atoms with Crippen LogP contribution in [0.15, 0.2) is 30.3 Å². The van der Waals surface area contributed by atoms with Crippen molar-refractivity contribution in [3.8, 4) is 0 Å². The molecule has 0 aliphatic carbocycles. The Morgan fingerprint density at radius 3 is 2.00 bits per heavy atom. The molecule has 1 aromatic rings. The van der Waals surface area contributed by atoms with E-state index in [1.54, 1.807) is 0 Å². The lowest BCUT2D eigenvalue weighted by Crippen LogP contribution is -2.05. The van der Waals surface area contributed by atoms with Gasteiger partial charge in [-0.05, 0) is 17.9 Å². The van der Waals surface area contributed by atoms with Gasteiger partial charge in [0.2, 0.25) is 0 Å². The molecule has 20 heavy (non-hydrogen) atoms. The van der Waals surface area contributed by atoms with Gasteiger partial charge in [0.1, 0.15) is 0 Å². The minimum Gasteiger partial charge on any atom is -0.197 e. The molecule has 0 amide bonds. The molecule has 1 aromatic carbocycles. The second kappa shape index (κ2) is 11.9. The minimum atomic E-state index is -3.88. The summed E-state index contributed by atoms with van der Waals surface area (Å²) in [6.07, 6.45) is 5.76. The highest BCUT2D eigenvalue weighted by molar-refractivity contribution is 7.86. The zero-order valence-corrected chi connectivity index (χ0v) is 13.2. The van der Waals surface area contributed by atoms with E-state index in [1.165, 1.54) is 12.0 Å². The summed E-state index contributed by atoms with van der Waals surface area (Å²) in [6.45, 7) is 4.20. The highest BCUT2D eigenvalue weighted by Gasteiger charge is 2.09. The molecule has 0 unspecified atom stereocenters. The van der Waals surface area contributed by atoms with Crippen LogP contribution in [0.2, 0.25) is 0 Å². The average molecular weight is 304 g/mol. The number of benzene rings is 1. The topological polar surface area (TPSA) is 43.4 Å². The molecule has 0 saturated carbocycles. The summed E-state index contributed by atoms with van der Waals surface area (Å²) in [4.78, 5) is 0. The Morgan fingerprint density at radius 2 is 1.55 bits per heavy atom. The quantitative estimate of drug-likeness (QED) is 0.661. The first-order valence-corrected chi connectivity index (χ1v) is 8.64. The Labute approximate surface area is 122 Å². The van der Waals surface area contributed by atoms with E-state index in [1.807, 2.05) is 18.2 Å². The van der Waals surface area contributed by atoms with Crippen molar-refractivity contribution in [1.82, 2.24) is 0 Å². The van der Waals surface area contributed by atoms with Crippen molar-refractivity contribution in [3.05, 3.63) is 35.9 Å². The second-order valence-corrected chi connectivity index (χ2v) is 6.40. The van der Waals surface area contributed by atoms with Crippen LogP contribution in [0, 0.1) is 6.92 Å². The molecule has 1 rings (SSSR count). The van der Waals surface area contributed by atoms with Crippen molar-refractivity contribution in [2.24, 2.45) is 0 Å². The fourth-order valence-electron chi connectivity index (χ4n) is 1.63. The molecule has 0 atom stereocenters. The van der Waals surface area contributed by atoms with E-state index in [0.717, 1.165) is 25.7 Å². The van der Waals surface area contributed by atoms with Crippen molar-refractivity contribution in [2.75, 3.05) is 5.75 Å². The number of hydrogen-bond acceptors (Lipinski definition) is 3. The van der Waals surface area contributed by atoms with Gasteiger partial charge < -0.3 is 0 Å². The number of hydrogen-bond donors (Lipinski definition) is 0.